The van der Waals surface area contributed by atoms with E-state index in [-0.39, 0.29) is 18.1 Å². The van der Waals surface area contributed by atoms with E-state index in [9.17, 15) is 4.79 Å². The van der Waals surface area contributed by atoms with Gasteiger partial charge in [-0.2, -0.15) is 5.26 Å². The van der Waals surface area contributed by atoms with Crippen LogP contribution < -0.4 is 16.2 Å². The van der Waals surface area contributed by atoms with Crippen molar-refractivity contribution in [2.24, 2.45) is 0 Å². The fourth-order valence-corrected chi connectivity index (χ4v) is 2.72. The molecule has 2 aliphatic heterocycles. The largest absolute Gasteiger partial charge is 0.365 e. The number of carbonyl (C=O) groups is 1. The molecule has 1 amide bonds. The molecule has 0 bridgehead atoms. The molecule has 22 heavy (non-hydrogen) atoms. The van der Waals surface area contributed by atoms with Crippen molar-refractivity contribution in [3.8, 4) is 6.19 Å². The van der Waals surface area contributed by atoms with Crippen molar-refractivity contribution in [2.45, 2.75) is 24.7 Å². The molecule has 2 saturated heterocycles. The zero-order valence-electron chi connectivity index (χ0n) is 12.2. The van der Waals surface area contributed by atoms with Crippen LogP contribution in [0.1, 0.15) is 18.0 Å². The van der Waals surface area contributed by atoms with E-state index in [1.165, 1.54) is 5.56 Å². The van der Waals surface area contributed by atoms with Crippen LogP contribution in [-0.4, -0.2) is 42.8 Å². The Bertz CT molecular complexity index is 559. The number of hydrogen-bond acceptors (Lipinski definition) is 6. The van der Waals surface area contributed by atoms with Crippen molar-refractivity contribution in [2.75, 3.05) is 19.7 Å². The van der Waals surface area contributed by atoms with E-state index in [1.807, 2.05) is 18.2 Å². The van der Waals surface area contributed by atoms with Gasteiger partial charge in [0.25, 0.3) is 5.91 Å². The van der Waals surface area contributed by atoms with Gasteiger partial charge in [0.05, 0.1) is 25.9 Å². The van der Waals surface area contributed by atoms with Gasteiger partial charge in [-0.15, -0.1) is 0 Å². The van der Waals surface area contributed by atoms with Gasteiger partial charge in [0, 0.05) is 12.5 Å². The molecule has 0 saturated carbocycles. The molecular formula is C15H19N5O2. The number of benzene rings is 1. The average Bonchev–Trinajstić information content (AvgIpc) is 3.04. The number of hydrazine groups is 1. The maximum Gasteiger partial charge on any atom is 0.252 e. The van der Waals surface area contributed by atoms with E-state index in [1.54, 1.807) is 4.90 Å². The predicted molar refractivity (Wildman–Crippen MR) is 78.9 cm³/mol. The summed E-state index contributed by atoms with van der Waals surface area (Å²) in [5.74, 6) is -0.187. The minimum Gasteiger partial charge on any atom is -0.365 e. The SMILES string of the molecule is N#CN1CCOC(C(=O)NC2CC(c3ccccc3)NN2)C1. The lowest BCUT2D eigenvalue weighted by Gasteiger charge is -2.29. The molecule has 0 radical (unpaired) electrons. The van der Waals surface area contributed by atoms with Crippen LogP contribution in [0.25, 0.3) is 0 Å². The maximum atomic E-state index is 12.2. The molecule has 7 nitrogen and oxygen atoms in total. The second-order valence-electron chi connectivity index (χ2n) is 5.45. The molecule has 3 N–H and O–H groups in total. The number of carbonyl (C=O) groups excluding carboxylic acids is 1. The summed E-state index contributed by atoms with van der Waals surface area (Å²) >= 11 is 0. The molecule has 0 aromatic heterocycles. The van der Waals surface area contributed by atoms with Crippen LogP contribution in [0.15, 0.2) is 30.3 Å². The number of ether oxygens (including phenoxy) is 1. The van der Waals surface area contributed by atoms with Gasteiger partial charge in [0.1, 0.15) is 0 Å². The van der Waals surface area contributed by atoms with E-state index in [0.29, 0.717) is 19.7 Å². The first kappa shape index (κ1) is 14.8. The third kappa shape index (κ3) is 3.36. The lowest BCUT2D eigenvalue weighted by Crippen LogP contribution is -2.53. The summed E-state index contributed by atoms with van der Waals surface area (Å²) in [6.07, 6.45) is 2.07. The highest BCUT2D eigenvalue weighted by molar-refractivity contribution is 5.81. The Hall–Kier alpha value is -2.14. The molecule has 7 heteroatoms. The first-order valence-electron chi connectivity index (χ1n) is 7.39. The van der Waals surface area contributed by atoms with Crippen molar-refractivity contribution in [1.29, 1.82) is 5.26 Å². The Balaban J connectivity index is 1.52. The van der Waals surface area contributed by atoms with Crippen molar-refractivity contribution in [3.63, 3.8) is 0 Å². The number of amides is 1. The van der Waals surface area contributed by atoms with Gasteiger partial charge in [-0.3, -0.25) is 4.79 Å². The number of hydrogen-bond donors (Lipinski definition) is 3. The van der Waals surface area contributed by atoms with E-state index >= 15 is 0 Å². The summed E-state index contributed by atoms with van der Waals surface area (Å²) < 4.78 is 5.44. The Morgan fingerprint density at radius 1 is 1.36 bits per heavy atom. The van der Waals surface area contributed by atoms with E-state index in [0.717, 1.165) is 6.42 Å². The van der Waals surface area contributed by atoms with Gasteiger partial charge < -0.3 is 15.0 Å². The van der Waals surface area contributed by atoms with Crippen LogP contribution in [-0.2, 0) is 9.53 Å². The number of rotatable bonds is 3. The molecule has 0 spiro atoms. The van der Waals surface area contributed by atoms with Crippen LogP contribution in [0.3, 0.4) is 0 Å². The standard InChI is InChI=1S/C15H19N5O2/c16-10-20-6-7-22-13(9-20)15(21)17-14-8-12(18-19-14)11-4-2-1-3-5-11/h1-5,12-14,18-19H,6-9H2,(H,17,21). The van der Waals surface area contributed by atoms with E-state index < -0.39 is 6.10 Å². The monoisotopic (exact) mass is 301 g/mol. The minimum atomic E-state index is -0.592. The van der Waals surface area contributed by atoms with Crippen LogP contribution in [0, 0.1) is 11.5 Å². The molecule has 2 fully saturated rings. The zero-order chi connectivity index (χ0) is 15.4. The van der Waals surface area contributed by atoms with Crippen LogP contribution in [0.2, 0.25) is 0 Å². The van der Waals surface area contributed by atoms with Gasteiger partial charge in [-0.05, 0) is 5.56 Å². The van der Waals surface area contributed by atoms with Crippen LogP contribution in [0.4, 0.5) is 0 Å². The molecular weight excluding hydrogens is 282 g/mol. The molecule has 1 aromatic carbocycles. The van der Waals surface area contributed by atoms with Gasteiger partial charge >= 0.3 is 0 Å². The van der Waals surface area contributed by atoms with Crippen LogP contribution >= 0.6 is 0 Å². The number of morpholine rings is 1. The summed E-state index contributed by atoms with van der Waals surface area (Å²) in [7, 11) is 0. The van der Waals surface area contributed by atoms with Crippen molar-refractivity contribution >= 4 is 5.91 Å². The minimum absolute atomic E-state index is 0.154. The van der Waals surface area contributed by atoms with Gasteiger partial charge in [-0.1, -0.05) is 30.3 Å². The number of nitriles is 1. The molecule has 3 unspecified atom stereocenters. The highest BCUT2D eigenvalue weighted by Crippen LogP contribution is 2.20. The smallest absolute Gasteiger partial charge is 0.252 e. The van der Waals surface area contributed by atoms with E-state index in [2.05, 4.69) is 34.5 Å². The number of nitrogens with zero attached hydrogens (tertiary/aromatic N) is 2. The molecule has 116 valence electrons. The maximum absolute atomic E-state index is 12.2. The fraction of sp³-hybridized carbons (Fsp3) is 0.467. The molecule has 1 aromatic rings. The lowest BCUT2D eigenvalue weighted by molar-refractivity contribution is -0.137. The molecule has 0 aliphatic carbocycles. The highest BCUT2D eigenvalue weighted by Gasteiger charge is 2.31. The predicted octanol–water partition coefficient (Wildman–Crippen LogP) is -0.150. The molecule has 3 rings (SSSR count). The van der Waals surface area contributed by atoms with Crippen molar-refractivity contribution in [1.82, 2.24) is 21.1 Å². The lowest BCUT2D eigenvalue weighted by atomic mass is 10.0. The molecule has 3 atom stereocenters. The van der Waals surface area contributed by atoms with Gasteiger partial charge in [0.15, 0.2) is 12.3 Å². The first-order valence-corrected chi connectivity index (χ1v) is 7.39. The third-order valence-corrected chi connectivity index (χ3v) is 3.92. The number of nitrogens with one attached hydrogen (secondary N) is 3. The quantitative estimate of drug-likeness (QED) is 0.673. The van der Waals surface area contributed by atoms with E-state index in [4.69, 9.17) is 10.00 Å². The zero-order valence-corrected chi connectivity index (χ0v) is 12.2. The van der Waals surface area contributed by atoms with Gasteiger partial charge in [0.2, 0.25) is 0 Å². The normalized spacial score (nSPS) is 28.1. The first-order chi connectivity index (χ1) is 10.8. The fourth-order valence-electron chi connectivity index (χ4n) is 2.72. The average molecular weight is 301 g/mol. The van der Waals surface area contributed by atoms with Crippen LogP contribution in [0.5, 0.6) is 0 Å². The third-order valence-electron chi connectivity index (χ3n) is 3.92. The highest BCUT2D eigenvalue weighted by atomic mass is 16.5. The van der Waals surface area contributed by atoms with Gasteiger partial charge in [-0.25, -0.2) is 10.9 Å². The topological polar surface area (TPSA) is 89.4 Å². The van der Waals surface area contributed by atoms with Crippen molar-refractivity contribution < 1.29 is 9.53 Å². The van der Waals surface area contributed by atoms with Crippen molar-refractivity contribution in [3.05, 3.63) is 35.9 Å². The molecule has 2 heterocycles. The summed E-state index contributed by atoms with van der Waals surface area (Å²) in [6.45, 7) is 1.25. The Kier molecular flexibility index (Phi) is 4.53. The summed E-state index contributed by atoms with van der Waals surface area (Å²) in [4.78, 5) is 13.8. The summed E-state index contributed by atoms with van der Waals surface area (Å²) in [6, 6.07) is 10.2. The second kappa shape index (κ2) is 6.75. The Labute approximate surface area is 129 Å². The Morgan fingerprint density at radius 3 is 2.95 bits per heavy atom. The Morgan fingerprint density at radius 2 is 2.18 bits per heavy atom. The summed E-state index contributed by atoms with van der Waals surface area (Å²) in [5, 5.41) is 11.8. The summed E-state index contributed by atoms with van der Waals surface area (Å²) in [5.41, 5.74) is 7.44. The second-order valence-corrected chi connectivity index (χ2v) is 5.45. The molecule has 2 aliphatic rings.